The first-order valence-electron chi connectivity index (χ1n) is 6.66. The summed E-state index contributed by atoms with van der Waals surface area (Å²) in [5, 5.41) is 7.94. The standard InChI is InChI=1S/C12H19N5OS/c1-15-9-13-14-11(15)8-16-6-10(7-16)12(18)17-2-4-19-5-3-17/h9-10H,2-8H2,1H3. The number of hydrogen-bond donors (Lipinski definition) is 0. The third-order valence-corrected chi connectivity index (χ3v) is 4.74. The molecule has 19 heavy (non-hydrogen) atoms. The number of aromatic nitrogens is 3. The van der Waals surface area contributed by atoms with Crippen LogP contribution in [0.25, 0.3) is 0 Å². The van der Waals surface area contributed by atoms with Crippen molar-refractivity contribution in [2.75, 3.05) is 37.7 Å². The van der Waals surface area contributed by atoms with E-state index in [0.29, 0.717) is 5.91 Å². The maximum atomic E-state index is 12.3. The van der Waals surface area contributed by atoms with Crippen molar-refractivity contribution >= 4 is 17.7 Å². The highest BCUT2D eigenvalue weighted by Crippen LogP contribution is 2.21. The number of nitrogens with zero attached hydrogens (tertiary/aromatic N) is 5. The second-order valence-electron chi connectivity index (χ2n) is 5.19. The van der Waals surface area contributed by atoms with Crippen molar-refractivity contribution in [1.82, 2.24) is 24.6 Å². The van der Waals surface area contributed by atoms with Gasteiger partial charge in [0.25, 0.3) is 0 Å². The number of rotatable bonds is 3. The minimum atomic E-state index is 0.191. The first-order valence-corrected chi connectivity index (χ1v) is 7.81. The van der Waals surface area contributed by atoms with Gasteiger partial charge in [0.2, 0.25) is 5.91 Å². The van der Waals surface area contributed by atoms with Crippen molar-refractivity contribution in [2.24, 2.45) is 13.0 Å². The van der Waals surface area contributed by atoms with Gasteiger partial charge in [-0.3, -0.25) is 9.69 Å². The van der Waals surface area contributed by atoms with Crippen LogP contribution in [0.4, 0.5) is 0 Å². The van der Waals surface area contributed by atoms with Crippen LogP contribution in [0.5, 0.6) is 0 Å². The average molecular weight is 281 g/mol. The van der Waals surface area contributed by atoms with Crippen molar-refractivity contribution in [3.05, 3.63) is 12.2 Å². The van der Waals surface area contributed by atoms with Crippen LogP contribution in [0.2, 0.25) is 0 Å². The number of carbonyl (C=O) groups excluding carboxylic acids is 1. The number of thioether (sulfide) groups is 1. The van der Waals surface area contributed by atoms with E-state index < -0.39 is 0 Å². The molecule has 0 aromatic carbocycles. The van der Waals surface area contributed by atoms with Crippen LogP contribution in [0, 0.1) is 5.92 Å². The summed E-state index contributed by atoms with van der Waals surface area (Å²) in [6.45, 7) is 4.34. The van der Waals surface area contributed by atoms with Gasteiger partial charge in [-0.05, 0) is 0 Å². The number of hydrogen-bond acceptors (Lipinski definition) is 5. The van der Waals surface area contributed by atoms with Crippen LogP contribution in [-0.2, 0) is 18.4 Å². The van der Waals surface area contributed by atoms with Crippen molar-refractivity contribution in [1.29, 1.82) is 0 Å². The Bertz CT molecular complexity index is 451. The summed E-state index contributed by atoms with van der Waals surface area (Å²) in [7, 11) is 1.95. The molecule has 2 fully saturated rings. The molecule has 1 amide bonds. The van der Waals surface area contributed by atoms with E-state index in [2.05, 4.69) is 15.1 Å². The van der Waals surface area contributed by atoms with Crippen LogP contribution in [0.3, 0.4) is 0 Å². The lowest BCUT2D eigenvalue weighted by atomic mass is 9.98. The van der Waals surface area contributed by atoms with E-state index in [-0.39, 0.29) is 5.92 Å². The van der Waals surface area contributed by atoms with E-state index in [1.807, 2.05) is 28.3 Å². The smallest absolute Gasteiger partial charge is 0.228 e. The molecule has 3 heterocycles. The normalized spacial score (nSPS) is 21.4. The van der Waals surface area contributed by atoms with Crippen molar-refractivity contribution in [3.63, 3.8) is 0 Å². The lowest BCUT2D eigenvalue weighted by Gasteiger charge is -2.41. The predicted molar refractivity (Wildman–Crippen MR) is 73.7 cm³/mol. The Morgan fingerprint density at radius 1 is 1.42 bits per heavy atom. The first-order chi connectivity index (χ1) is 9.24. The Labute approximate surface area is 117 Å². The molecule has 2 aliphatic rings. The van der Waals surface area contributed by atoms with Gasteiger partial charge in [0.1, 0.15) is 12.2 Å². The molecule has 2 aliphatic heterocycles. The number of amides is 1. The van der Waals surface area contributed by atoms with E-state index in [9.17, 15) is 4.79 Å². The van der Waals surface area contributed by atoms with Gasteiger partial charge in [-0.15, -0.1) is 10.2 Å². The molecule has 104 valence electrons. The van der Waals surface area contributed by atoms with Gasteiger partial charge in [-0.1, -0.05) is 0 Å². The quantitative estimate of drug-likeness (QED) is 0.769. The van der Waals surface area contributed by atoms with Crippen LogP contribution in [-0.4, -0.2) is 68.2 Å². The highest BCUT2D eigenvalue weighted by Gasteiger charge is 2.35. The highest BCUT2D eigenvalue weighted by atomic mass is 32.2. The fraction of sp³-hybridized carbons (Fsp3) is 0.750. The number of likely N-dealkylation sites (tertiary alicyclic amines) is 1. The lowest BCUT2D eigenvalue weighted by molar-refractivity contribution is -0.141. The van der Waals surface area contributed by atoms with Gasteiger partial charge >= 0.3 is 0 Å². The molecule has 0 atom stereocenters. The minimum Gasteiger partial charge on any atom is -0.341 e. The van der Waals surface area contributed by atoms with E-state index in [1.165, 1.54) is 0 Å². The molecule has 6 nitrogen and oxygen atoms in total. The molecule has 0 radical (unpaired) electrons. The summed E-state index contributed by atoms with van der Waals surface area (Å²) in [5.74, 6) is 3.66. The minimum absolute atomic E-state index is 0.191. The summed E-state index contributed by atoms with van der Waals surface area (Å²) in [5.41, 5.74) is 0. The van der Waals surface area contributed by atoms with Crippen LogP contribution in [0.15, 0.2) is 6.33 Å². The zero-order valence-electron chi connectivity index (χ0n) is 11.2. The van der Waals surface area contributed by atoms with Crippen molar-refractivity contribution < 1.29 is 4.79 Å². The molecule has 1 aromatic heterocycles. The molecule has 0 saturated carbocycles. The van der Waals surface area contributed by atoms with Crippen LogP contribution in [0.1, 0.15) is 5.82 Å². The molecule has 3 rings (SSSR count). The van der Waals surface area contributed by atoms with E-state index in [1.54, 1.807) is 6.33 Å². The summed E-state index contributed by atoms with van der Waals surface area (Å²) >= 11 is 1.94. The molecule has 7 heteroatoms. The third kappa shape index (κ3) is 2.76. The third-order valence-electron chi connectivity index (χ3n) is 3.80. The molecule has 0 bridgehead atoms. The first kappa shape index (κ1) is 12.9. The molecule has 2 saturated heterocycles. The topological polar surface area (TPSA) is 54.3 Å². The molecule has 0 unspecified atom stereocenters. The Morgan fingerprint density at radius 3 is 2.79 bits per heavy atom. The van der Waals surface area contributed by atoms with Gasteiger partial charge in [-0.25, -0.2) is 0 Å². The lowest BCUT2D eigenvalue weighted by Crippen LogP contribution is -2.55. The SMILES string of the molecule is Cn1cnnc1CN1CC(C(=O)N2CCSCC2)C1. The molecular formula is C12H19N5OS. The maximum Gasteiger partial charge on any atom is 0.228 e. The Hall–Kier alpha value is -1.08. The Kier molecular flexibility index (Phi) is 3.74. The summed E-state index contributed by atoms with van der Waals surface area (Å²) in [6, 6.07) is 0. The summed E-state index contributed by atoms with van der Waals surface area (Å²) < 4.78 is 1.93. The van der Waals surface area contributed by atoms with E-state index >= 15 is 0 Å². The Balaban J connectivity index is 1.47. The molecular weight excluding hydrogens is 262 g/mol. The highest BCUT2D eigenvalue weighted by molar-refractivity contribution is 7.99. The largest absolute Gasteiger partial charge is 0.341 e. The van der Waals surface area contributed by atoms with Crippen molar-refractivity contribution in [3.8, 4) is 0 Å². The van der Waals surface area contributed by atoms with Crippen LogP contribution < -0.4 is 0 Å². The molecule has 1 aromatic rings. The van der Waals surface area contributed by atoms with Gasteiger partial charge in [0.15, 0.2) is 0 Å². The maximum absolute atomic E-state index is 12.3. The summed E-state index contributed by atoms with van der Waals surface area (Å²) in [4.78, 5) is 16.5. The number of aryl methyl sites for hydroxylation is 1. The van der Waals surface area contributed by atoms with Gasteiger partial charge in [-0.2, -0.15) is 11.8 Å². The van der Waals surface area contributed by atoms with Gasteiger partial charge in [0, 0.05) is 44.7 Å². The average Bonchev–Trinajstić information content (AvgIpc) is 2.79. The zero-order chi connectivity index (χ0) is 13.2. The van der Waals surface area contributed by atoms with Gasteiger partial charge in [0.05, 0.1) is 12.5 Å². The van der Waals surface area contributed by atoms with Crippen molar-refractivity contribution in [2.45, 2.75) is 6.54 Å². The van der Waals surface area contributed by atoms with E-state index in [0.717, 1.165) is 50.1 Å². The number of carbonyl (C=O) groups is 1. The predicted octanol–water partition coefficient (Wildman–Crippen LogP) is -0.178. The Morgan fingerprint density at radius 2 is 2.16 bits per heavy atom. The summed E-state index contributed by atoms with van der Waals surface area (Å²) in [6.07, 6.45) is 1.71. The molecule has 0 spiro atoms. The second kappa shape index (κ2) is 5.50. The monoisotopic (exact) mass is 281 g/mol. The molecule has 0 aliphatic carbocycles. The zero-order valence-corrected chi connectivity index (χ0v) is 12.0. The fourth-order valence-corrected chi connectivity index (χ4v) is 3.45. The second-order valence-corrected chi connectivity index (χ2v) is 6.41. The fourth-order valence-electron chi connectivity index (χ4n) is 2.55. The van der Waals surface area contributed by atoms with Gasteiger partial charge < -0.3 is 9.47 Å². The van der Waals surface area contributed by atoms with Crippen LogP contribution >= 0.6 is 11.8 Å². The molecule has 0 N–H and O–H groups in total. The van der Waals surface area contributed by atoms with E-state index in [4.69, 9.17) is 0 Å².